The van der Waals surface area contributed by atoms with Crippen molar-refractivity contribution in [1.29, 1.82) is 0 Å². The summed E-state index contributed by atoms with van der Waals surface area (Å²) >= 11 is 5.80. The molecule has 0 unspecified atom stereocenters. The van der Waals surface area contributed by atoms with Crippen molar-refractivity contribution in [2.24, 2.45) is 0 Å². The van der Waals surface area contributed by atoms with Gasteiger partial charge in [-0.1, -0.05) is 17.7 Å². The van der Waals surface area contributed by atoms with Crippen LogP contribution in [0.4, 0.5) is 19.0 Å². The minimum absolute atomic E-state index is 0.319. The summed E-state index contributed by atoms with van der Waals surface area (Å²) in [6, 6.07) is 11.3. The maximum atomic E-state index is 13.4. The van der Waals surface area contributed by atoms with Crippen LogP contribution in [0.3, 0.4) is 0 Å². The van der Waals surface area contributed by atoms with Crippen molar-refractivity contribution in [3.05, 3.63) is 58.6 Å². The number of aromatic nitrogens is 2. The van der Waals surface area contributed by atoms with Gasteiger partial charge in [-0.05, 0) is 55.7 Å². The number of hydrogen-bond donors (Lipinski definition) is 1. The summed E-state index contributed by atoms with van der Waals surface area (Å²) in [7, 11) is 1.59. The Bertz CT molecular complexity index is 1030. The summed E-state index contributed by atoms with van der Waals surface area (Å²) in [5, 5.41) is 7.75. The number of nitrogens with one attached hydrogen (secondary N) is 1. The van der Waals surface area contributed by atoms with Gasteiger partial charge in [-0.2, -0.15) is 18.3 Å². The van der Waals surface area contributed by atoms with E-state index in [4.69, 9.17) is 16.3 Å². The molecular formula is C21H19ClF3N3O. The largest absolute Gasteiger partial charge is 0.497 e. The van der Waals surface area contributed by atoms with Gasteiger partial charge in [0.2, 0.25) is 0 Å². The Morgan fingerprint density at radius 2 is 1.86 bits per heavy atom. The lowest BCUT2D eigenvalue weighted by molar-refractivity contribution is -0.137. The van der Waals surface area contributed by atoms with Crippen molar-refractivity contribution in [2.75, 3.05) is 19.0 Å². The number of nitrogens with zero attached hydrogens (tertiary/aromatic N) is 2. The number of hydrogen-bond acceptors (Lipinski definition) is 3. The third-order valence-corrected chi connectivity index (χ3v) is 5.32. The Balaban J connectivity index is 1.87. The van der Waals surface area contributed by atoms with E-state index in [0.29, 0.717) is 17.0 Å². The third kappa shape index (κ3) is 3.79. The fourth-order valence-electron chi connectivity index (χ4n) is 3.53. The normalized spacial score (nSPS) is 14.1. The molecule has 1 N–H and O–H groups in total. The van der Waals surface area contributed by atoms with Crippen molar-refractivity contribution < 1.29 is 17.9 Å². The van der Waals surface area contributed by atoms with Crippen LogP contribution in [0.5, 0.6) is 5.75 Å². The van der Waals surface area contributed by atoms with Gasteiger partial charge < -0.3 is 10.1 Å². The van der Waals surface area contributed by atoms with Gasteiger partial charge in [-0.25, -0.2) is 4.68 Å². The molecule has 0 radical (unpaired) electrons. The molecule has 2 heterocycles. The first kappa shape index (κ1) is 19.6. The number of rotatable bonds is 3. The van der Waals surface area contributed by atoms with E-state index < -0.39 is 11.7 Å². The van der Waals surface area contributed by atoms with Crippen molar-refractivity contribution in [1.82, 2.24) is 9.78 Å². The minimum Gasteiger partial charge on any atom is -0.497 e. The van der Waals surface area contributed by atoms with Crippen LogP contribution in [-0.2, 0) is 12.6 Å². The second kappa shape index (κ2) is 7.63. The first-order valence-corrected chi connectivity index (χ1v) is 9.63. The molecule has 0 saturated carbocycles. The Labute approximate surface area is 171 Å². The molecule has 1 aromatic heterocycles. The smallest absolute Gasteiger partial charge is 0.417 e. The van der Waals surface area contributed by atoms with Gasteiger partial charge in [0.1, 0.15) is 11.6 Å². The van der Waals surface area contributed by atoms with Gasteiger partial charge in [0.15, 0.2) is 0 Å². The number of benzene rings is 2. The van der Waals surface area contributed by atoms with Gasteiger partial charge >= 0.3 is 6.18 Å². The topological polar surface area (TPSA) is 39.1 Å². The number of halogens is 4. The Morgan fingerprint density at radius 1 is 1.10 bits per heavy atom. The zero-order chi connectivity index (χ0) is 20.6. The molecule has 0 saturated heterocycles. The molecule has 4 nitrogen and oxygen atoms in total. The predicted octanol–water partition coefficient (Wildman–Crippen LogP) is 5.97. The SMILES string of the molecule is COc1ccc(-n2nc(-c3ccc(Cl)c(C(F)(F)F)c3)c3c2NCCCC3)cc1. The van der Waals surface area contributed by atoms with Crippen LogP contribution in [-0.4, -0.2) is 23.4 Å². The van der Waals surface area contributed by atoms with Crippen molar-refractivity contribution in [2.45, 2.75) is 25.4 Å². The lowest BCUT2D eigenvalue weighted by Crippen LogP contribution is -2.07. The summed E-state index contributed by atoms with van der Waals surface area (Å²) in [6.45, 7) is 0.780. The highest BCUT2D eigenvalue weighted by Gasteiger charge is 2.34. The van der Waals surface area contributed by atoms with Crippen LogP contribution in [0.1, 0.15) is 24.0 Å². The molecule has 29 heavy (non-hydrogen) atoms. The van der Waals surface area contributed by atoms with Crippen LogP contribution in [0.2, 0.25) is 5.02 Å². The lowest BCUT2D eigenvalue weighted by atomic mass is 10.0. The van der Waals surface area contributed by atoms with Gasteiger partial charge in [0, 0.05) is 17.7 Å². The Hall–Kier alpha value is -2.67. The summed E-state index contributed by atoms with van der Waals surface area (Å²) in [6.07, 6.45) is -1.88. The number of fused-ring (bicyclic) bond motifs is 1. The number of alkyl halides is 3. The molecule has 0 spiro atoms. The van der Waals surface area contributed by atoms with E-state index in [9.17, 15) is 13.2 Å². The molecule has 0 fully saturated rings. The molecule has 152 valence electrons. The first-order chi connectivity index (χ1) is 13.9. The highest BCUT2D eigenvalue weighted by Crippen LogP contribution is 2.39. The molecular weight excluding hydrogens is 403 g/mol. The summed E-state index contributed by atoms with van der Waals surface area (Å²) in [5.41, 5.74) is 1.79. The Kier molecular flexibility index (Phi) is 5.17. The van der Waals surface area contributed by atoms with E-state index in [2.05, 4.69) is 10.4 Å². The van der Waals surface area contributed by atoms with Crippen LogP contribution in [0, 0.1) is 0 Å². The highest BCUT2D eigenvalue weighted by molar-refractivity contribution is 6.31. The number of ether oxygens (including phenoxy) is 1. The van der Waals surface area contributed by atoms with Gasteiger partial charge in [-0.3, -0.25) is 0 Å². The van der Waals surface area contributed by atoms with E-state index in [0.717, 1.165) is 48.9 Å². The lowest BCUT2D eigenvalue weighted by Gasteiger charge is -2.10. The average molecular weight is 422 g/mol. The van der Waals surface area contributed by atoms with Crippen molar-refractivity contribution in [3.8, 4) is 22.7 Å². The molecule has 3 aromatic rings. The molecule has 0 aliphatic carbocycles. The molecule has 1 aliphatic rings. The van der Waals surface area contributed by atoms with Crippen LogP contribution < -0.4 is 10.1 Å². The molecule has 4 rings (SSSR count). The van der Waals surface area contributed by atoms with E-state index in [1.54, 1.807) is 17.9 Å². The summed E-state index contributed by atoms with van der Waals surface area (Å²) in [5.74, 6) is 1.53. The monoisotopic (exact) mass is 421 g/mol. The van der Waals surface area contributed by atoms with Crippen LogP contribution >= 0.6 is 11.6 Å². The fraction of sp³-hybridized carbons (Fsp3) is 0.286. The molecule has 0 atom stereocenters. The number of anilines is 1. The van der Waals surface area contributed by atoms with E-state index in [1.807, 2.05) is 24.3 Å². The van der Waals surface area contributed by atoms with E-state index in [-0.39, 0.29) is 5.02 Å². The average Bonchev–Trinajstić information content (AvgIpc) is 2.89. The fourth-order valence-corrected chi connectivity index (χ4v) is 3.76. The quantitative estimate of drug-likeness (QED) is 0.566. The molecule has 8 heteroatoms. The maximum Gasteiger partial charge on any atom is 0.417 e. The molecule has 0 bridgehead atoms. The first-order valence-electron chi connectivity index (χ1n) is 9.26. The Morgan fingerprint density at radius 3 is 2.55 bits per heavy atom. The molecule has 2 aromatic carbocycles. The maximum absolute atomic E-state index is 13.4. The molecule has 1 aliphatic heterocycles. The minimum atomic E-state index is -4.53. The van der Waals surface area contributed by atoms with Crippen LogP contribution in [0.15, 0.2) is 42.5 Å². The zero-order valence-corrected chi connectivity index (χ0v) is 16.4. The van der Waals surface area contributed by atoms with Gasteiger partial charge in [0.25, 0.3) is 0 Å². The van der Waals surface area contributed by atoms with Crippen molar-refractivity contribution in [3.63, 3.8) is 0 Å². The molecule has 0 amide bonds. The predicted molar refractivity (Wildman–Crippen MR) is 107 cm³/mol. The van der Waals surface area contributed by atoms with Gasteiger partial charge in [0.05, 0.1) is 29.1 Å². The zero-order valence-electron chi connectivity index (χ0n) is 15.7. The second-order valence-corrected chi connectivity index (χ2v) is 7.27. The second-order valence-electron chi connectivity index (χ2n) is 6.86. The van der Waals surface area contributed by atoms with E-state index >= 15 is 0 Å². The van der Waals surface area contributed by atoms with Gasteiger partial charge in [-0.15, -0.1) is 0 Å². The highest BCUT2D eigenvalue weighted by atomic mass is 35.5. The summed E-state index contributed by atoms with van der Waals surface area (Å²) in [4.78, 5) is 0. The van der Waals surface area contributed by atoms with E-state index in [1.165, 1.54) is 6.07 Å². The van der Waals surface area contributed by atoms with Crippen LogP contribution in [0.25, 0.3) is 16.9 Å². The summed E-state index contributed by atoms with van der Waals surface area (Å²) < 4.78 is 47.0. The standard InChI is InChI=1S/C21H19ClF3N3O/c1-29-15-8-6-14(7-9-15)28-20-16(4-2-3-11-26-20)19(27-28)13-5-10-18(22)17(12-13)21(23,24)25/h5-10,12,26H,2-4,11H2,1H3. The number of methoxy groups -OCH3 is 1. The van der Waals surface area contributed by atoms with Crippen molar-refractivity contribution >= 4 is 17.4 Å². The third-order valence-electron chi connectivity index (χ3n) is 4.99.